The summed E-state index contributed by atoms with van der Waals surface area (Å²) in [5, 5.41) is 9.15. The van der Waals surface area contributed by atoms with E-state index >= 15 is 0 Å². The lowest BCUT2D eigenvalue weighted by Crippen LogP contribution is -2.46. The van der Waals surface area contributed by atoms with Gasteiger partial charge in [-0.1, -0.05) is 5.16 Å². The van der Waals surface area contributed by atoms with Crippen molar-refractivity contribution in [3.05, 3.63) is 30.0 Å². The summed E-state index contributed by atoms with van der Waals surface area (Å²) in [6, 6.07) is 3.05. The normalized spacial score (nSPS) is 16.7. The van der Waals surface area contributed by atoms with Crippen molar-refractivity contribution in [1.29, 1.82) is 0 Å². The Hall–Kier alpha value is -2.04. The van der Waals surface area contributed by atoms with E-state index in [1.165, 1.54) is 6.07 Å². The van der Waals surface area contributed by atoms with Crippen molar-refractivity contribution in [2.45, 2.75) is 18.4 Å². The Morgan fingerprint density at radius 1 is 1.30 bits per heavy atom. The van der Waals surface area contributed by atoms with Gasteiger partial charge in [0.1, 0.15) is 10.7 Å². The number of sulfonamides is 1. The molecule has 9 nitrogen and oxygen atoms in total. The summed E-state index contributed by atoms with van der Waals surface area (Å²) in [5.74, 6) is 1.61. The third-order valence-corrected chi connectivity index (χ3v) is 4.60. The van der Waals surface area contributed by atoms with Gasteiger partial charge in [-0.3, -0.25) is 4.90 Å². The number of anilines is 1. The molecule has 0 saturated carbocycles. The molecular weight excluding hydrogens is 320 g/mol. The second kappa shape index (κ2) is 6.22. The second-order valence-electron chi connectivity index (χ2n) is 5.36. The molecule has 23 heavy (non-hydrogen) atoms. The van der Waals surface area contributed by atoms with Crippen molar-refractivity contribution in [3.8, 4) is 0 Å². The topological polar surface area (TPSA) is 118 Å². The Bertz CT molecular complexity index is 783. The minimum Gasteiger partial charge on any atom is -0.353 e. The number of aromatic nitrogens is 3. The molecule has 0 radical (unpaired) electrons. The van der Waals surface area contributed by atoms with E-state index in [1.54, 1.807) is 19.2 Å². The fourth-order valence-electron chi connectivity index (χ4n) is 2.57. The molecule has 0 unspecified atom stereocenters. The Kier molecular flexibility index (Phi) is 4.28. The number of nitrogens with two attached hydrogens (primary N) is 1. The quantitative estimate of drug-likeness (QED) is 0.810. The number of hydrogen-bond donors (Lipinski definition) is 1. The molecule has 1 fully saturated rings. The molecule has 0 amide bonds. The van der Waals surface area contributed by atoms with E-state index in [1.807, 2.05) is 4.90 Å². The van der Waals surface area contributed by atoms with Gasteiger partial charge < -0.3 is 9.42 Å². The number of primary sulfonamides is 1. The van der Waals surface area contributed by atoms with E-state index in [0.717, 1.165) is 13.1 Å². The second-order valence-corrected chi connectivity index (χ2v) is 6.89. The summed E-state index contributed by atoms with van der Waals surface area (Å²) in [7, 11) is -3.79. The van der Waals surface area contributed by atoms with Crippen LogP contribution in [0.5, 0.6) is 0 Å². The molecule has 124 valence electrons. The van der Waals surface area contributed by atoms with Crippen LogP contribution in [-0.2, 0) is 16.6 Å². The molecule has 2 aromatic heterocycles. The molecule has 2 aromatic rings. The first-order valence-electron chi connectivity index (χ1n) is 7.18. The summed E-state index contributed by atoms with van der Waals surface area (Å²) < 4.78 is 28.3. The molecule has 0 atom stereocenters. The molecular formula is C13H18N6O3S. The molecule has 0 spiro atoms. The van der Waals surface area contributed by atoms with Crippen molar-refractivity contribution in [3.63, 3.8) is 0 Å². The van der Waals surface area contributed by atoms with Crippen LogP contribution in [-0.4, -0.2) is 54.6 Å². The third-order valence-electron chi connectivity index (χ3n) is 3.66. The average molecular weight is 338 g/mol. The molecule has 3 heterocycles. The lowest BCUT2D eigenvalue weighted by Gasteiger charge is -2.35. The number of nitrogens with zero attached hydrogens (tertiary/aromatic N) is 5. The van der Waals surface area contributed by atoms with Crippen LogP contribution < -0.4 is 10.0 Å². The minimum atomic E-state index is -3.79. The van der Waals surface area contributed by atoms with Crippen molar-refractivity contribution in [2.24, 2.45) is 5.14 Å². The Balaban J connectivity index is 1.68. The molecule has 3 rings (SSSR count). The zero-order chi connectivity index (χ0) is 16.4. The molecule has 10 heteroatoms. The molecule has 0 aliphatic carbocycles. The van der Waals surface area contributed by atoms with Gasteiger partial charge in [-0.15, -0.1) is 0 Å². The lowest BCUT2D eigenvalue weighted by molar-refractivity contribution is 0.239. The first kappa shape index (κ1) is 15.8. The van der Waals surface area contributed by atoms with Crippen LogP contribution >= 0.6 is 0 Å². The fraction of sp³-hybridized carbons (Fsp3) is 0.462. The van der Waals surface area contributed by atoms with Crippen LogP contribution in [0.25, 0.3) is 0 Å². The average Bonchev–Trinajstić information content (AvgIpc) is 2.92. The molecule has 0 aromatic carbocycles. The predicted octanol–water partition coefficient (Wildman–Crippen LogP) is -0.257. The summed E-state index contributed by atoms with van der Waals surface area (Å²) in [6.07, 6.45) is 1.57. The number of piperazine rings is 1. The van der Waals surface area contributed by atoms with Gasteiger partial charge in [-0.05, 0) is 12.1 Å². The molecule has 1 aliphatic heterocycles. The highest BCUT2D eigenvalue weighted by Gasteiger charge is 2.24. The van der Waals surface area contributed by atoms with Gasteiger partial charge in [0.15, 0.2) is 5.82 Å². The van der Waals surface area contributed by atoms with Crippen molar-refractivity contribution < 1.29 is 12.9 Å². The maximum absolute atomic E-state index is 11.7. The molecule has 1 saturated heterocycles. The van der Waals surface area contributed by atoms with Gasteiger partial charge in [0.05, 0.1) is 6.54 Å². The Morgan fingerprint density at radius 3 is 2.65 bits per heavy atom. The summed E-state index contributed by atoms with van der Waals surface area (Å²) in [6.45, 7) is 5.15. The zero-order valence-electron chi connectivity index (χ0n) is 12.7. The number of aryl methyl sites for hydroxylation is 1. The highest BCUT2D eigenvalue weighted by atomic mass is 32.2. The van der Waals surface area contributed by atoms with E-state index in [2.05, 4.69) is 20.0 Å². The first-order valence-corrected chi connectivity index (χ1v) is 8.72. The smallest absolute Gasteiger partial charge is 0.241 e. The van der Waals surface area contributed by atoms with Gasteiger partial charge in [0.25, 0.3) is 0 Å². The SMILES string of the molecule is Cc1nc(CN2CCN(c3ncccc3S(N)(=O)=O)CC2)no1. The van der Waals surface area contributed by atoms with Crippen LogP contribution in [0.2, 0.25) is 0 Å². The monoisotopic (exact) mass is 338 g/mol. The number of rotatable bonds is 4. The number of hydrogen-bond acceptors (Lipinski definition) is 8. The largest absolute Gasteiger partial charge is 0.353 e. The van der Waals surface area contributed by atoms with Crippen LogP contribution in [0, 0.1) is 6.92 Å². The summed E-state index contributed by atoms with van der Waals surface area (Å²) >= 11 is 0. The lowest BCUT2D eigenvalue weighted by atomic mass is 10.3. The summed E-state index contributed by atoms with van der Waals surface area (Å²) in [4.78, 5) is 12.5. The van der Waals surface area contributed by atoms with Crippen LogP contribution in [0.3, 0.4) is 0 Å². The minimum absolute atomic E-state index is 0.0576. The Labute approximate surface area is 134 Å². The van der Waals surface area contributed by atoms with Crippen molar-refractivity contribution in [1.82, 2.24) is 20.0 Å². The van der Waals surface area contributed by atoms with Gasteiger partial charge >= 0.3 is 0 Å². The zero-order valence-corrected chi connectivity index (χ0v) is 13.5. The third kappa shape index (κ3) is 3.66. The van der Waals surface area contributed by atoms with Crippen LogP contribution in [0.15, 0.2) is 27.7 Å². The summed E-state index contributed by atoms with van der Waals surface area (Å²) in [5.41, 5.74) is 0. The van der Waals surface area contributed by atoms with E-state index in [4.69, 9.17) is 9.66 Å². The highest BCUT2D eigenvalue weighted by molar-refractivity contribution is 7.89. The first-order chi connectivity index (χ1) is 10.9. The predicted molar refractivity (Wildman–Crippen MR) is 82.1 cm³/mol. The van der Waals surface area contributed by atoms with E-state index < -0.39 is 10.0 Å². The van der Waals surface area contributed by atoms with Gasteiger partial charge in [0, 0.05) is 39.3 Å². The molecule has 1 aliphatic rings. The van der Waals surface area contributed by atoms with E-state index in [9.17, 15) is 8.42 Å². The van der Waals surface area contributed by atoms with Crippen LogP contribution in [0.1, 0.15) is 11.7 Å². The van der Waals surface area contributed by atoms with Crippen molar-refractivity contribution >= 4 is 15.8 Å². The number of pyridine rings is 1. The van der Waals surface area contributed by atoms with E-state index in [0.29, 0.717) is 37.2 Å². The van der Waals surface area contributed by atoms with Crippen molar-refractivity contribution in [2.75, 3.05) is 31.1 Å². The maximum atomic E-state index is 11.7. The maximum Gasteiger partial charge on any atom is 0.241 e. The molecule has 2 N–H and O–H groups in total. The van der Waals surface area contributed by atoms with Gasteiger partial charge in [-0.25, -0.2) is 18.5 Å². The van der Waals surface area contributed by atoms with Gasteiger partial charge in [0.2, 0.25) is 15.9 Å². The molecule has 0 bridgehead atoms. The standard InChI is InChI=1S/C13H18N6O3S/c1-10-16-12(17-22-10)9-18-5-7-19(8-6-18)13-11(23(14,20)21)3-2-4-15-13/h2-4H,5-9H2,1H3,(H2,14,20,21). The van der Waals surface area contributed by atoms with Gasteiger partial charge in [-0.2, -0.15) is 4.98 Å². The fourth-order valence-corrected chi connectivity index (χ4v) is 3.27. The van der Waals surface area contributed by atoms with Crippen LogP contribution in [0.4, 0.5) is 5.82 Å². The highest BCUT2D eigenvalue weighted by Crippen LogP contribution is 2.22. The Morgan fingerprint density at radius 2 is 2.04 bits per heavy atom. The van der Waals surface area contributed by atoms with E-state index in [-0.39, 0.29) is 4.90 Å².